The van der Waals surface area contributed by atoms with Crippen molar-refractivity contribution in [1.29, 1.82) is 0 Å². The average molecular weight is 550 g/mol. The quantitative estimate of drug-likeness (QED) is 0.116. The molecular formula is C9H27ClN9O10P3. The normalized spacial score (nSPS) is 14.7. The van der Waals surface area contributed by atoms with Crippen molar-refractivity contribution in [1.82, 2.24) is 44.1 Å². The lowest BCUT2D eigenvalue weighted by Gasteiger charge is -2.16. The number of imidazole rings is 1. The Labute approximate surface area is 186 Å². The molecule has 2 heterocycles. The molecule has 0 amide bonds. The molecule has 0 saturated heterocycles. The van der Waals surface area contributed by atoms with Crippen LogP contribution in [0.1, 0.15) is 12.8 Å². The lowest BCUT2D eigenvalue weighted by Crippen LogP contribution is -2.02. The fourth-order valence-electron chi connectivity index (χ4n) is 1.97. The van der Waals surface area contributed by atoms with E-state index in [1.165, 1.54) is 6.33 Å². The summed E-state index contributed by atoms with van der Waals surface area (Å²) in [6, 6.07) is 0. The van der Waals surface area contributed by atoms with Crippen LogP contribution in [-0.2, 0) is 33.4 Å². The number of rotatable bonds is 10. The highest BCUT2D eigenvalue weighted by Crippen LogP contribution is 2.66. The lowest BCUT2D eigenvalue weighted by atomic mass is 10.3. The third-order valence-corrected chi connectivity index (χ3v) is 6.93. The number of hydrogen-bond donors (Lipinski definition) is 9. The van der Waals surface area contributed by atoms with E-state index in [2.05, 4.69) is 28.1 Å². The molecular weight excluding hydrogens is 523 g/mol. The van der Waals surface area contributed by atoms with E-state index in [1.807, 2.05) is 0 Å². The van der Waals surface area contributed by atoms with E-state index in [0.29, 0.717) is 24.1 Å². The van der Waals surface area contributed by atoms with E-state index in [4.69, 9.17) is 32.0 Å². The second kappa shape index (κ2) is 13.6. The minimum atomic E-state index is -5.52. The van der Waals surface area contributed by atoms with Crippen molar-refractivity contribution in [3.05, 3.63) is 11.6 Å². The van der Waals surface area contributed by atoms with E-state index in [1.54, 1.807) is 4.57 Å². The fraction of sp³-hybridized carbons (Fsp3) is 0.444. The van der Waals surface area contributed by atoms with Gasteiger partial charge in [-0.2, -0.15) is 18.6 Å². The summed E-state index contributed by atoms with van der Waals surface area (Å²) in [5, 5.41) is -0.0561. The van der Waals surface area contributed by atoms with Crippen LogP contribution in [0, 0.1) is 0 Å². The van der Waals surface area contributed by atoms with Gasteiger partial charge in [0.15, 0.2) is 11.5 Å². The number of nitrogen functional groups attached to an aromatic ring is 1. The lowest BCUT2D eigenvalue weighted by molar-refractivity contribution is 0.169. The van der Waals surface area contributed by atoms with Gasteiger partial charge in [0.2, 0.25) is 5.28 Å². The number of phosphoric acid groups is 3. The third-order valence-electron chi connectivity index (χ3n) is 2.93. The average Bonchev–Trinajstić information content (AvgIpc) is 2.86. The maximum absolute atomic E-state index is 11.5. The first-order valence-corrected chi connectivity index (χ1v) is 12.1. The Bertz CT molecular complexity index is 1000. The number of fused-ring (bicyclic) bond motifs is 1. The number of hydrogen-bond acceptors (Lipinski definition) is 14. The smallest absolute Gasteiger partial charge is 0.382 e. The van der Waals surface area contributed by atoms with Crippen LogP contribution in [0.2, 0.25) is 5.28 Å². The summed E-state index contributed by atoms with van der Waals surface area (Å²) in [6.07, 6.45) is 2.04. The Morgan fingerprint density at radius 1 is 0.969 bits per heavy atom. The number of halogens is 1. The number of phosphoric ester groups is 1. The van der Waals surface area contributed by atoms with Crippen LogP contribution < -0.4 is 30.3 Å². The molecule has 2 unspecified atom stereocenters. The van der Waals surface area contributed by atoms with Gasteiger partial charge < -0.3 is 54.5 Å². The van der Waals surface area contributed by atoms with Gasteiger partial charge in [-0.1, -0.05) is 0 Å². The van der Waals surface area contributed by atoms with Crippen molar-refractivity contribution in [2.75, 3.05) is 12.3 Å². The molecule has 0 bridgehead atoms. The van der Waals surface area contributed by atoms with E-state index < -0.39 is 23.5 Å². The van der Waals surface area contributed by atoms with Crippen LogP contribution in [0.4, 0.5) is 5.82 Å². The molecule has 32 heavy (non-hydrogen) atoms. The number of unbranched alkanes of at least 4 members (excludes halogenated alkanes) is 1. The SMILES string of the molecule is N.N.N.N.Nc1nc(Cl)nc2c1ncn2CCCCOP(=O)(O)OP(=O)(O)OP(=O)(O)O. The second-order valence-corrected chi connectivity index (χ2v) is 9.88. The van der Waals surface area contributed by atoms with Crippen LogP contribution in [-0.4, -0.2) is 45.7 Å². The third kappa shape index (κ3) is 11.2. The summed E-state index contributed by atoms with van der Waals surface area (Å²) in [7, 11) is -16.1. The molecule has 18 N–H and O–H groups in total. The highest BCUT2D eigenvalue weighted by molar-refractivity contribution is 7.66. The fourth-order valence-corrected chi connectivity index (χ4v) is 5.20. The van der Waals surface area contributed by atoms with Gasteiger partial charge in [-0.05, 0) is 24.4 Å². The highest BCUT2D eigenvalue weighted by Gasteiger charge is 2.40. The Morgan fingerprint density at radius 2 is 1.56 bits per heavy atom. The first-order chi connectivity index (χ1) is 12.8. The Kier molecular flexibility index (Phi) is 15.0. The van der Waals surface area contributed by atoms with Gasteiger partial charge in [-0.25, -0.2) is 18.7 Å². The van der Waals surface area contributed by atoms with Gasteiger partial charge in [0.05, 0.1) is 12.9 Å². The van der Waals surface area contributed by atoms with Gasteiger partial charge in [-0.3, -0.25) is 4.52 Å². The van der Waals surface area contributed by atoms with Crippen molar-refractivity contribution in [2.24, 2.45) is 0 Å². The first-order valence-electron chi connectivity index (χ1n) is 7.20. The molecule has 0 aliphatic heterocycles. The number of nitrogens with two attached hydrogens (primary N) is 1. The van der Waals surface area contributed by atoms with Crippen molar-refractivity contribution in [3.8, 4) is 0 Å². The molecule has 0 aliphatic carbocycles. The van der Waals surface area contributed by atoms with Gasteiger partial charge in [0, 0.05) is 6.54 Å². The van der Waals surface area contributed by atoms with Gasteiger partial charge in [-0.15, -0.1) is 0 Å². The molecule has 0 saturated carbocycles. The Balaban J connectivity index is -0.00000210. The summed E-state index contributed by atoms with van der Waals surface area (Å²) >= 11 is 5.74. The molecule has 2 aromatic rings. The van der Waals surface area contributed by atoms with E-state index in [-0.39, 0.29) is 48.7 Å². The molecule has 0 radical (unpaired) electrons. The molecule has 2 atom stereocenters. The van der Waals surface area contributed by atoms with Gasteiger partial charge in [0.25, 0.3) is 0 Å². The topological polar surface area (TPSA) is 369 Å². The van der Waals surface area contributed by atoms with E-state index in [9.17, 15) is 18.6 Å². The zero-order valence-electron chi connectivity index (χ0n) is 16.6. The predicted octanol–water partition coefficient (Wildman–Crippen LogP) is 1.83. The maximum atomic E-state index is 11.5. The first kappa shape index (κ1) is 35.5. The van der Waals surface area contributed by atoms with Crippen molar-refractivity contribution in [3.63, 3.8) is 0 Å². The molecule has 23 heteroatoms. The van der Waals surface area contributed by atoms with Crippen LogP contribution in [0.3, 0.4) is 0 Å². The zero-order valence-corrected chi connectivity index (χ0v) is 20.0. The summed E-state index contributed by atoms with van der Waals surface area (Å²) in [4.78, 5) is 47.0. The molecule has 0 aromatic carbocycles. The predicted molar refractivity (Wildman–Crippen MR) is 114 cm³/mol. The molecule has 2 rings (SSSR count). The molecule has 0 spiro atoms. The second-order valence-electron chi connectivity index (χ2n) is 5.12. The Hall–Kier alpha value is -1.11. The summed E-state index contributed by atoms with van der Waals surface area (Å²) in [6.45, 7) is -0.0305. The maximum Gasteiger partial charge on any atom is 0.490 e. The largest absolute Gasteiger partial charge is 0.490 e. The van der Waals surface area contributed by atoms with Gasteiger partial charge >= 0.3 is 23.5 Å². The highest BCUT2D eigenvalue weighted by atomic mass is 35.5. The summed E-state index contributed by atoms with van der Waals surface area (Å²) < 4.78 is 46.5. The van der Waals surface area contributed by atoms with Crippen LogP contribution in [0.25, 0.3) is 11.2 Å². The molecule has 0 aliphatic rings. The van der Waals surface area contributed by atoms with E-state index >= 15 is 0 Å². The van der Waals surface area contributed by atoms with Gasteiger partial charge in [0.1, 0.15) is 5.52 Å². The van der Waals surface area contributed by atoms with Crippen LogP contribution in [0.15, 0.2) is 6.33 Å². The molecule has 2 aromatic heterocycles. The van der Waals surface area contributed by atoms with Crippen LogP contribution in [0.5, 0.6) is 0 Å². The minimum Gasteiger partial charge on any atom is -0.382 e. The minimum absolute atomic E-state index is 0. The summed E-state index contributed by atoms with van der Waals surface area (Å²) in [5.74, 6) is 0.112. The summed E-state index contributed by atoms with van der Waals surface area (Å²) in [5.41, 5.74) is 6.43. The Morgan fingerprint density at radius 3 is 2.12 bits per heavy atom. The zero-order chi connectivity index (χ0) is 21.2. The number of aryl methyl sites for hydroxylation is 1. The molecule has 0 fully saturated rings. The number of aromatic nitrogens is 4. The number of nitrogens with zero attached hydrogens (tertiary/aromatic N) is 4. The van der Waals surface area contributed by atoms with Crippen molar-refractivity contribution < 1.29 is 46.4 Å². The number of anilines is 1. The standard InChI is InChI=1S/C9H15ClN5O10P3.4H3N/c10-9-13-7(11)6-8(14-9)15(5-12-6)3-1-2-4-23-27(19,20)25-28(21,22)24-26(16,17)18;;;;/h5H,1-4H2,(H,19,20)(H,21,22)(H2,11,13,14)(H2,16,17,18);4*1H3. The monoisotopic (exact) mass is 549 g/mol. The van der Waals surface area contributed by atoms with Crippen molar-refractivity contribution in [2.45, 2.75) is 19.4 Å². The molecule has 190 valence electrons. The van der Waals surface area contributed by atoms with Crippen molar-refractivity contribution >= 4 is 52.1 Å². The van der Waals surface area contributed by atoms with E-state index in [0.717, 1.165) is 0 Å². The van der Waals surface area contributed by atoms with Crippen LogP contribution >= 0.6 is 35.1 Å². The molecule has 19 nitrogen and oxygen atoms in total.